The van der Waals surface area contributed by atoms with Crippen molar-refractivity contribution >= 4 is 17.5 Å². The Morgan fingerprint density at radius 2 is 1.71 bits per heavy atom. The fourth-order valence-electron chi connectivity index (χ4n) is 2.52. The number of hydrogen-bond acceptors (Lipinski definition) is 4. The van der Waals surface area contributed by atoms with Crippen LogP contribution in [0, 0.1) is 6.92 Å². The molecule has 0 radical (unpaired) electrons. The van der Waals surface area contributed by atoms with E-state index in [1.54, 1.807) is 6.20 Å². The zero-order chi connectivity index (χ0) is 16.8. The lowest BCUT2D eigenvalue weighted by Gasteiger charge is -2.21. The molecule has 0 spiro atoms. The molecule has 122 valence electrons. The van der Waals surface area contributed by atoms with E-state index in [1.807, 2.05) is 24.3 Å². The number of benzene rings is 2. The highest BCUT2D eigenvalue weighted by atomic mass is 15.3. The van der Waals surface area contributed by atoms with Gasteiger partial charge < -0.3 is 10.2 Å². The third-order valence-corrected chi connectivity index (χ3v) is 3.86. The first-order chi connectivity index (χ1) is 11.8. The van der Waals surface area contributed by atoms with Crippen LogP contribution >= 0.6 is 0 Å². The van der Waals surface area contributed by atoms with Crippen molar-refractivity contribution < 1.29 is 0 Å². The molecule has 24 heavy (non-hydrogen) atoms. The Balaban J connectivity index is 1.74. The van der Waals surface area contributed by atoms with E-state index in [0.717, 1.165) is 24.6 Å². The number of nitrogens with zero attached hydrogens (tertiary/aromatic N) is 3. The third kappa shape index (κ3) is 3.90. The maximum atomic E-state index is 4.66. The van der Waals surface area contributed by atoms with Gasteiger partial charge in [-0.2, -0.15) is 4.98 Å². The largest absolute Gasteiger partial charge is 0.366 e. The van der Waals surface area contributed by atoms with Gasteiger partial charge in [-0.1, -0.05) is 48.0 Å². The lowest BCUT2D eigenvalue weighted by atomic mass is 10.1. The fraction of sp³-hybridized carbons (Fsp3) is 0.200. The smallest absolute Gasteiger partial charge is 0.231 e. The molecule has 0 bridgehead atoms. The standard InChI is InChI=1S/C20H22N4/c1-3-24(18-7-5-4-6-8-18)20-21-14-13-19(23-20)22-15-17-11-9-16(2)10-12-17/h4-14H,3,15H2,1-2H3,(H,21,22,23). The van der Waals surface area contributed by atoms with Crippen molar-refractivity contribution in [3.63, 3.8) is 0 Å². The lowest BCUT2D eigenvalue weighted by molar-refractivity contribution is 0.942. The van der Waals surface area contributed by atoms with Crippen LogP contribution in [-0.2, 0) is 6.54 Å². The highest BCUT2D eigenvalue weighted by molar-refractivity contribution is 5.58. The Labute approximate surface area is 143 Å². The second kappa shape index (κ2) is 7.59. The van der Waals surface area contributed by atoms with Crippen molar-refractivity contribution in [1.29, 1.82) is 0 Å². The zero-order valence-corrected chi connectivity index (χ0v) is 14.1. The van der Waals surface area contributed by atoms with Gasteiger partial charge in [-0.3, -0.25) is 0 Å². The minimum atomic E-state index is 0.706. The number of anilines is 3. The van der Waals surface area contributed by atoms with Gasteiger partial charge in [0.2, 0.25) is 5.95 Å². The van der Waals surface area contributed by atoms with Gasteiger partial charge in [0.1, 0.15) is 5.82 Å². The monoisotopic (exact) mass is 318 g/mol. The Hall–Kier alpha value is -2.88. The maximum Gasteiger partial charge on any atom is 0.231 e. The summed E-state index contributed by atoms with van der Waals surface area (Å²) < 4.78 is 0. The molecule has 0 atom stereocenters. The topological polar surface area (TPSA) is 41.1 Å². The molecule has 2 aromatic carbocycles. The minimum Gasteiger partial charge on any atom is -0.366 e. The Morgan fingerprint density at radius 3 is 2.42 bits per heavy atom. The van der Waals surface area contributed by atoms with Gasteiger partial charge >= 0.3 is 0 Å². The molecular weight excluding hydrogens is 296 g/mol. The van der Waals surface area contributed by atoms with E-state index < -0.39 is 0 Å². The summed E-state index contributed by atoms with van der Waals surface area (Å²) in [6.07, 6.45) is 1.80. The number of rotatable bonds is 6. The summed E-state index contributed by atoms with van der Waals surface area (Å²) in [6.45, 7) is 5.75. The fourth-order valence-corrected chi connectivity index (χ4v) is 2.52. The minimum absolute atomic E-state index is 0.706. The highest BCUT2D eigenvalue weighted by Gasteiger charge is 2.10. The molecule has 4 nitrogen and oxygen atoms in total. The van der Waals surface area contributed by atoms with Gasteiger partial charge in [-0.25, -0.2) is 4.98 Å². The first-order valence-corrected chi connectivity index (χ1v) is 8.21. The summed E-state index contributed by atoms with van der Waals surface area (Å²) in [4.78, 5) is 11.2. The average Bonchev–Trinajstić information content (AvgIpc) is 2.63. The molecule has 0 aliphatic rings. The molecule has 1 heterocycles. The van der Waals surface area contributed by atoms with Crippen molar-refractivity contribution in [2.75, 3.05) is 16.8 Å². The van der Waals surface area contributed by atoms with Crippen LogP contribution in [0.4, 0.5) is 17.5 Å². The summed E-state index contributed by atoms with van der Waals surface area (Å²) in [5, 5.41) is 3.37. The van der Waals surface area contributed by atoms with Gasteiger partial charge in [-0.15, -0.1) is 0 Å². The van der Waals surface area contributed by atoms with Crippen molar-refractivity contribution in [1.82, 2.24) is 9.97 Å². The number of nitrogens with one attached hydrogen (secondary N) is 1. The molecule has 0 aliphatic heterocycles. The van der Waals surface area contributed by atoms with Crippen molar-refractivity contribution in [3.8, 4) is 0 Å². The molecule has 0 unspecified atom stereocenters. The molecule has 0 fully saturated rings. The third-order valence-electron chi connectivity index (χ3n) is 3.86. The molecule has 0 amide bonds. The van der Waals surface area contributed by atoms with Crippen LogP contribution in [0.15, 0.2) is 66.9 Å². The van der Waals surface area contributed by atoms with Crippen molar-refractivity contribution in [2.24, 2.45) is 0 Å². The number of aryl methyl sites for hydroxylation is 1. The number of para-hydroxylation sites is 1. The zero-order valence-electron chi connectivity index (χ0n) is 14.1. The second-order valence-corrected chi connectivity index (χ2v) is 5.66. The van der Waals surface area contributed by atoms with E-state index in [0.29, 0.717) is 5.95 Å². The van der Waals surface area contributed by atoms with Crippen molar-refractivity contribution in [3.05, 3.63) is 78.0 Å². The molecular formula is C20H22N4. The molecule has 0 aliphatic carbocycles. The summed E-state index contributed by atoms with van der Waals surface area (Å²) in [5.74, 6) is 1.53. The number of aromatic nitrogens is 2. The van der Waals surface area contributed by atoms with Crippen LogP contribution in [0.2, 0.25) is 0 Å². The predicted molar refractivity (Wildman–Crippen MR) is 99.7 cm³/mol. The summed E-state index contributed by atoms with van der Waals surface area (Å²) >= 11 is 0. The summed E-state index contributed by atoms with van der Waals surface area (Å²) in [6, 6.07) is 20.6. The highest BCUT2D eigenvalue weighted by Crippen LogP contribution is 2.22. The van der Waals surface area contributed by atoms with Gasteiger partial charge in [0.15, 0.2) is 0 Å². The second-order valence-electron chi connectivity index (χ2n) is 5.66. The van der Waals surface area contributed by atoms with E-state index in [2.05, 4.69) is 70.4 Å². The van der Waals surface area contributed by atoms with Gasteiger partial charge in [-0.05, 0) is 37.6 Å². The molecule has 1 N–H and O–H groups in total. The summed E-state index contributed by atoms with van der Waals surface area (Å²) in [7, 11) is 0. The van der Waals surface area contributed by atoms with E-state index in [1.165, 1.54) is 11.1 Å². The van der Waals surface area contributed by atoms with E-state index in [4.69, 9.17) is 0 Å². The molecule has 0 saturated heterocycles. The van der Waals surface area contributed by atoms with Crippen LogP contribution in [0.5, 0.6) is 0 Å². The predicted octanol–water partition coefficient (Wildman–Crippen LogP) is 4.56. The number of hydrogen-bond donors (Lipinski definition) is 1. The molecule has 0 saturated carbocycles. The van der Waals surface area contributed by atoms with E-state index in [-0.39, 0.29) is 0 Å². The quantitative estimate of drug-likeness (QED) is 0.723. The van der Waals surface area contributed by atoms with Crippen molar-refractivity contribution in [2.45, 2.75) is 20.4 Å². The van der Waals surface area contributed by atoms with E-state index in [9.17, 15) is 0 Å². The van der Waals surface area contributed by atoms with Crippen LogP contribution in [0.3, 0.4) is 0 Å². The maximum absolute atomic E-state index is 4.66. The molecule has 3 rings (SSSR count). The van der Waals surface area contributed by atoms with Gasteiger partial charge in [0.25, 0.3) is 0 Å². The summed E-state index contributed by atoms with van der Waals surface area (Å²) in [5.41, 5.74) is 3.59. The lowest BCUT2D eigenvalue weighted by Crippen LogP contribution is -2.19. The first-order valence-electron chi connectivity index (χ1n) is 8.21. The SMILES string of the molecule is CCN(c1ccccc1)c1nccc(NCc2ccc(C)cc2)n1. The van der Waals surface area contributed by atoms with Gasteiger partial charge in [0, 0.05) is 25.0 Å². The molecule has 3 aromatic rings. The Morgan fingerprint density at radius 1 is 0.958 bits per heavy atom. The average molecular weight is 318 g/mol. The van der Waals surface area contributed by atoms with Crippen LogP contribution < -0.4 is 10.2 Å². The Kier molecular flexibility index (Phi) is 5.06. The van der Waals surface area contributed by atoms with Crippen LogP contribution in [-0.4, -0.2) is 16.5 Å². The molecule has 4 heteroatoms. The van der Waals surface area contributed by atoms with Crippen LogP contribution in [0.25, 0.3) is 0 Å². The Bertz CT molecular complexity index is 769. The normalized spacial score (nSPS) is 10.4. The van der Waals surface area contributed by atoms with Gasteiger partial charge in [0.05, 0.1) is 0 Å². The molecule has 1 aromatic heterocycles. The van der Waals surface area contributed by atoms with E-state index >= 15 is 0 Å². The van der Waals surface area contributed by atoms with Crippen LogP contribution in [0.1, 0.15) is 18.1 Å². The first kappa shape index (κ1) is 16.0.